The first-order chi connectivity index (χ1) is 15.9. The molecule has 0 saturated heterocycles. The molecule has 0 heterocycles. The van der Waals surface area contributed by atoms with Gasteiger partial charge in [0.2, 0.25) is 0 Å². The van der Waals surface area contributed by atoms with Gasteiger partial charge < -0.3 is 5.11 Å². The number of aliphatic carboxylic acids is 1. The summed E-state index contributed by atoms with van der Waals surface area (Å²) in [6, 6.07) is 0. The summed E-state index contributed by atoms with van der Waals surface area (Å²) in [7, 11) is 0. The maximum absolute atomic E-state index is 12.9. The summed E-state index contributed by atoms with van der Waals surface area (Å²) >= 11 is 0. The largest absolute Gasteiger partial charge is 0.481 e. The maximum atomic E-state index is 12.9. The second-order valence-corrected chi connectivity index (χ2v) is 11.5. The molecule has 0 aromatic carbocycles. The number of fused-ring (bicyclic) bond motifs is 5. The van der Waals surface area contributed by atoms with Crippen LogP contribution >= 0.6 is 0 Å². The van der Waals surface area contributed by atoms with E-state index >= 15 is 0 Å². The molecule has 0 bridgehead atoms. The van der Waals surface area contributed by atoms with Gasteiger partial charge in [-0.25, -0.2) is 0 Å². The summed E-state index contributed by atoms with van der Waals surface area (Å²) in [5, 5.41) is 8.71. The van der Waals surface area contributed by atoms with Crippen molar-refractivity contribution in [3.05, 3.63) is 23.8 Å². The lowest BCUT2D eigenvalue weighted by Crippen LogP contribution is -2.50. The van der Waals surface area contributed by atoms with Gasteiger partial charge in [0, 0.05) is 24.2 Å². The highest BCUT2D eigenvalue weighted by Gasteiger charge is 2.58. The van der Waals surface area contributed by atoms with Gasteiger partial charge in [-0.05, 0) is 67.9 Å². The molecule has 4 heteroatoms. The van der Waals surface area contributed by atoms with Crippen molar-refractivity contribution in [3.63, 3.8) is 0 Å². The summed E-state index contributed by atoms with van der Waals surface area (Å²) in [6.45, 7) is 2.27. The highest BCUT2D eigenvalue weighted by molar-refractivity contribution is 6.00. The topological polar surface area (TPSA) is 71.4 Å². The summed E-state index contributed by atoms with van der Waals surface area (Å²) in [5.41, 5.74) is 1.24. The minimum Gasteiger partial charge on any atom is -0.481 e. The Bertz CT molecular complexity index is 808. The van der Waals surface area contributed by atoms with Crippen LogP contribution in [0.5, 0.6) is 0 Å². The fourth-order valence-corrected chi connectivity index (χ4v) is 7.94. The van der Waals surface area contributed by atoms with Crippen molar-refractivity contribution in [2.45, 2.75) is 103 Å². The SMILES string of the molecule is C[C@]12CC(CCCCCCCCCCC(=O)O)[C@H]3[C@@H](CCC4=CC(=O)C=C[C@@H]43)[C@@H]1CCC2=O. The minimum absolute atomic E-state index is 0.114. The van der Waals surface area contributed by atoms with Crippen LogP contribution in [0.1, 0.15) is 103 Å². The van der Waals surface area contributed by atoms with Crippen molar-refractivity contribution < 1.29 is 19.5 Å². The zero-order valence-corrected chi connectivity index (χ0v) is 20.4. The zero-order chi connectivity index (χ0) is 23.4. The van der Waals surface area contributed by atoms with Gasteiger partial charge in [-0.3, -0.25) is 14.4 Å². The lowest BCUT2D eigenvalue weighted by atomic mass is 9.49. The second kappa shape index (κ2) is 10.7. The fourth-order valence-electron chi connectivity index (χ4n) is 7.94. The Morgan fingerprint density at radius 3 is 2.42 bits per heavy atom. The number of unbranched alkanes of at least 4 members (excludes halogenated alkanes) is 7. The molecule has 3 fully saturated rings. The molecule has 4 aliphatic carbocycles. The number of carbonyl (C=O) groups is 3. The van der Waals surface area contributed by atoms with Crippen LogP contribution in [0.4, 0.5) is 0 Å². The number of carboxylic acids is 1. The van der Waals surface area contributed by atoms with Gasteiger partial charge in [-0.2, -0.15) is 0 Å². The molecule has 0 radical (unpaired) electrons. The number of hydrogen-bond acceptors (Lipinski definition) is 3. The lowest BCUT2D eigenvalue weighted by Gasteiger charge is -2.55. The Hall–Kier alpha value is -1.71. The van der Waals surface area contributed by atoms with Crippen LogP contribution in [0.2, 0.25) is 0 Å². The van der Waals surface area contributed by atoms with E-state index in [0.717, 1.165) is 51.4 Å². The van der Waals surface area contributed by atoms with E-state index < -0.39 is 5.97 Å². The molecule has 1 unspecified atom stereocenters. The molecule has 0 spiro atoms. The highest BCUT2D eigenvalue weighted by Crippen LogP contribution is 2.62. The van der Waals surface area contributed by atoms with Crippen molar-refractivity contribution in [2.75, 3.05) is 0 Å². The number of allylic oxidation sites excluding steroid dienone is 4. The van der Waals surface area contributed by atoms with Crippen LogP contribution in [0.15, 0.2) is 23.8 Å². The molecule has 182 valence electrons. The molecular weight excluding hydrogens is 412 g/mol. The molecule has 6 atom stereocenters. The van der Waals surface area contributed by atoms with Crippen LogP contribution in [-0.4, -0.2) is 22.6 Å². The summed E-state index contributed by atoms with van der Waals surface area (Å²) in [6.07, 6.45) is 21.6. The first-order valence-corrected chi connectivity index (χ1v) is 13.6. The fraction of sp³-hybridized carbons (Fsp3) is 0.759. The number of carboxylic acid groups (broad SMARTS) is 1. The Labute approximate surface area is 199 Å². The third kappa shape index (κ3) is 5.35. The molecule has 0 amide bonds. The molecule has 33 heavy (non-hydrogen) atoms. The number of hydrogen-bond donors (Lipinski definition) is 1. The third-order valence-corrected chi connectivity index (χ3v) is 9.50. The van der Waals surface area contributed by atoms with Gasteiger partial charge in [-0.1, -0.05) is 69.9 Å². The predicted molar refractivity (Wildman–Crippen MR) is 130 cm³/mol. The molecule has 3 saturated carbocycles. The van der Waals surface area contributed by atoms with Crippen molar-refractivity contribution in [3.8, 4) is 0 Å². The van der Waals surface area contributed by atoms with E-state index in [2.05, 4.69) is 13.0 Å². The number of Topliss-reactive ketones (excluding diaryl/α,β-unsaturated/α-hetero) is 1. The molecule has 0 aromatic heterocycles. The number of rotatable bonds is 11. The summed E-state index contributed by atoms with van der Waals surface area (Å²) in [4.78, 5) is 35.5. The summed E-state index contributed by atoms with van der Waals surface area (Å²) < 4.78 is 0. The maximum Gasteiger partial charge on any atom is 0.303 e. The van der Waals surface area contributed by atoms with E-state index in [0.29, 0.717) is 41.8 Å². The Morgan fingerprint density at radius 2 is 1.70 bits per heavy atom. The lowest BCUT2D eigenvalue weighted by molar-refractivity contribution is -0.137. The first-order valence-electron chi connectivity index (χ1n) is 13.6. The highest BCUT2D eigenvalue weighted by atomic mass is 16.4. The average Bonchev–Trinajstić information content (AvgIpc) is 3.08. The monoisotopic (exact) mass is 454 g/mol. The number of ketones is 2. The molecule has 0 aromatic rings. The van der Waals surface area contributed by atoms with Crippen molar-refractivity contribution in [1.82, 2.24) is 0 Å². The van der Waals surface area contributed by atoms with E-state index in [1.807, 2.05) is 6.08 Å². The van der Waals surface area contributed by atoms with Crippen LogP contribution in [0.3, 0.4) is 0 Å². The Morgan fingerprint density at radius 1 is 1.00 bits per heavy atom. The quantitative estimate of drug-likeness (QED) is 0.353. The van der Waals surface area contributed by atoms with Crippen LogP contribution in [0.25, 0.3) is 0 Å². The van der Waals surface area contributed by atoms with Crippen molar-refractivity contribution in [1.29, 1.82) is 0 Å². The van der Waals surface area contributed by atoms with Gasteiger partial charge >= 0.3 is 5.97 Å². The van der Waals surface area contributed by atoms with E-state index in [1.165, 1.54) is 44.1 Å². The standard InChI is InChI=1S/C29H42O4/c1-29-19-21(10-8-6-4-2-3-5-7-9-11-27(32)33)28-23-15-13-22(30)18-20(23)12-14-24(28)25(29)16-17-26(29)31/h13,15,18,21,23-25,28H,2-12,14,16-17,19H2,1H3,(H,32,33)/t21?,23-,24-,25-,28+,29-/m0/s1. The third-order valence-electron chi connectivity index (χ3n) is 9.50. The molecule has 4 aliphatic rings. The normalized spacial score (nSPS) is 35.1. The Balaban J connectivity index is 1.30. The zero-order valence-electron chi connectivity index (χ0n) is 20.4. The van der Waals surface area contributed by atoms with Gasteiger partial charge in [-0.15, -0.1) is 0 Å². The van der Waals surface area contributed by atoms with Crippen molar-refractivity contribution in [2.24, 2.45) is 35.0 Å². The van der Waals surface area contributed by atoms with E-state index in [-0.39, 0.29) is 11.2 Å². The van der Waals surface area contributed by atoms with Gasteiger partial charge in [0.25, 0.3) is 0 Å². The van der Waals surface area contributed by atoms with E-state index in [9.17, 15) is 14.4 Å². The second-order valence-electron chi connectivity index (χ2n) is 11.5. The van der Waals surface area contributed by atoms with Crippen molar-refractivity contribution >= 4 is 17.5 Å². The number of carbonyl (C=O) groups excluding carboxylic acids is 2. The van der Waals surface area contributed by atoms with Crippen LogP contribution < -0.4 is 0 Å². The predicted octanol–water partition coefficient (Wildman–Crippen LogP) is 6.69. The smallest absolute Gasteiger partial charge is 0.303 e. The molecule has 1 N–H and O–H groups in total. The van der Waals surface area contributed by atoms with E-state index in [1.54, 1.807) is 6.08 Å². The van der Waals surface area contributed by atoms with E-state index in [4.69, 9.17) is 5.11 Å². The molecule has 4 nitrogen and oxygen atoms in total. The van der Waals surface area contributed by atoms with Gasteiger partial charge in [0.05, 0.1) is 0 Å². The van der Waals surface area contributed by atoms with Gasteiger partial charge in [0.1, 0.15) is 5.78 Å². The van der Waals surface area contributed by atoms with Crippen LogP contribution in [0, 0.1) is 35.0 Å². The minimum atomic E-state index is -0.685. The molecular formula is C29H42O4. The summed E-state index contributed by atoms with van der Waals surface area (Å²) in [5.74, 6) is 2.75. The first kappa shape index (κ1) is 24.4. The molecule has 4 rings (SSSR count). The molecule has 0 aliphatic heterocycles. The van der Waals surface area contributed by atoms with Crippen LogP contribution in [-0.2, 0) is 14.4 Å². The average molecular weight is 455 g/mol. The van der Waals surface area contributed by atoms with Gasteiger partial charge in [0.15, 0.2) is 5.78 Å². The Kier molecular flexibility index (Phi) is 7.91.